The number of carbonyl (C=O) groups excluding carboxylic acids is 1. The number of hydrogen-bond donors (Lipinski definition) is 1. The van der Waals surface area contributed by atoms with Crippen molar-refractivity contribution in [2.75, 3.05) is 12.8 Å². The lowest BCUT2D eigenvalue weighted by molar-refractivity contribution is 0.0600. The first-order valence-corrected chi connectivity index (χ1v) is 11.0. The number of hydrogen-bond acceptors (Lipinski definition) is 4. The number of nitrogens with two attached hydrogens (primary N) is 1. The molecular weight excluding hydrogens is 454 g/mol. The van der Waals surface area contributed by atoms with Gasteiger partial charge < -0.3 is 15.2 Å². The topological polar surface area (TPSA) is 61.5 Å². The molecule has 0 heterocycles. The molecule has 0 fully saturated rings. The minimum absolute atomic E-state index is 0.386. The van der Waals surface area contributed by atoms with E-state index in [9.17, 15) is 4.79 Å². The molecular formula is C26H24BrNO3. The van der Waals surface area contributed by atoms with Crippen LogP contribution in [0.2, 0.25) is 0 Å². The molecule has 0 aromatic heterocycles. The predicted molar refractivity (Wildman–Crippen MR) is 128 cm³/mol. The Hall–Kier alpha value is -3.05. The maximum atomic E-state index is 12.1. The van der Waals surface area contributed by atoms with Crippen LogP contribution in [0.5, 0.6) is 5.75 Å². The van der Waals surface area contributed by atoms with Crippen molar-refractivity contribution in [2.45, 2.75) is 25.9 Å². The van der Waals surface area contributed by atoms with Crippen molar-refractivity contribution in [3.8, 4) is 5.75 Å². The van der Waals surface area contributed by atoms with Crippen LogP contribution >= 0.6 is 15.9 Å². The van der Waals surface area contributed by atoms with Crippen LogP contribution in [-0.2, 0) is 11.3 Å². The third-order valence-corrected chi connectivity index (χ3v) is 5.94. The molecule has 4 nitrogen and oxygen atoms in total. The molecule has 0 aliphatic heterocycles. The Morgan fingerprint density at radius 1 is 1.00 bits per heavy atom. The van der Waals surface area contributed by atoms with Crippen molar-refractivity contribution in [3.63, 3.8) is 0 Å². The summed E-state index contributed by atoms with van der Waals surface area (Å²) in [6.07, 6.45) is 2.90. The Balaban J connectivity index is 1.74. The summed E-state index contributed by atoms with van der Waals surface area (Å²) in [5, 5.41) is 0. The van der Waals surface area contributed by atoms with Crippen LogP contribution in [0.4, 0.5) is 5.69 Å². The molecule has 1 aliphatic rings. The monoisotopic (exact) mass is 477 g/mol. The van der Waals surface area contributed by atoms with Crippen molar-refractivity contribution >= 4 is 38.7 Å². The van der Waals surface area contributed by atoms with Gasteiger partial charge in [0.05, 0.1) is 12.7 Å². The van der Waals surface area contributed by atoms with E-state index < -0.39 is 0 Å². The molecule has 0 unspecified atom stereocenters. The number of nitrogen functional groups attached to an aromatic ring is 1. The van der Waals surface area contributed by atoms with Crippen LogP contribution in [0.25, 0.3) is 11.1 Å². The molecule has 0 bridgehead atoms. The Morgan fingerprint density at radius 2 is 1.77 bits per heavy atom. The van der Waals surface area contributed by atoms with Gasteiger partial charge in [-0.2, -0.15) is 0 Å². The highest BCUT2D eigenvalue weighted by atomic mass is 79.9. The second-order valence-electron chi connectivity index (χ2n) is 7.56. The minimum atomic E-state index is -0.386. The van der Waals surface area contributed by atoms with Gasteiger partial charge >= 0.3 is 5.97 Å². The number of methoxy groups -OCH3 is 1. The van der Waals surface area contributed by atoms with Crippen LogP contribution in [0.1, 0.15) is 46.3 Å². The molecule has 4 rings (SSSR count). The molecule has 0 amide bonds. The molecule has 2 N–H and O–H groups in total. The fourth-order valence-corrected chi connectivity index (χ4v) is 4.38. The highest BCUT2D eigenvalue weighted by molar-refractivity contribution is 9.10. The number of carbonyl (C=O) groups is 1. The summed E-state index contributed by atoms with van der Waals surface area (Å²) in [5.74, 6) is 0.460. The van der Waals surface area contributed by atoms with Crippen LogP contribution in [-0.4, -0.2) is 13.1 Å². The lowest BCUT2D eigenvalue weighted by Crippen LogP contribution is -2.03. The maximum absolute atomic E-state index is 12.1. The normalized spacial score (nSPS) is 13.4. The third kappa shape index (κ3) is 4.83. The quantitative estimate of drug-likeness (QED) is 0.325. The molecule has 3 aromatic carbocycles. The summed E-state index contributed by atoms with van der Waals surface area (Å²) in [6, 6.07) is 21.7. The molecule has 0 saturated heterocycles. The van der Waals surface area contributed by atoms with E-state index in [-0.39, 0.29) is 5.97 Å². The van der Waals surface area contributed by atoms with Gasteiger partial charge in [-0.15, -0.1) is 0 Å². The number of anilines is 1. The summed E-state index contributed by atoms with van der Waals surface area (Å²) >= 11 is 3.61. The second-order valence-corrected chi connectivity index (χ2v) is 8.48. The zero-order chi connectivity index (χ0) is 21.8. The van der Waals surface area contributed by atoms with E-state index in [0.29, 0.717) is 17.9 Å². The van der Waals surface area contributed by atoms with Gasteiger partial charge in [0.1, 0.15) is 12.4 Å². The number of allylic oxidation sites excluding steroid dienone is 2. The van der Waals surface area contributed by atoms with E-state index in [1.54, 1.807) is 6.07 Å². The van der Waals surface area contributed by atoms with Gasteiger partial charge in [-0.1, -0.05) is 46.3 Å². The van der Waals surface area contributed by atoms with E-state index >= 15 is 0 Å². The molecule has 5 heteroatoms. The second kappa shape index (κ2) is 9.40. The van der Waals surface area contributed by atoms with Crippen molar-refractivity contribution in [2.24, 2.45) is 0 Å². The van der Waals surface area contributed by atoms with Crippen LogP contribution in [0.15, 0.2) is 71.2 Å². The first kappa shape index (κ1) is 21.2. The molecule has 0 atom stereocenters. The fraction of sp³-hybridized carbons (Fsp3) is 0.192. The summed E-state index contributed by atoms with van der Waals surface area (Å²) in [6.45, 7) is 0.503. The molecule has 158 valence electrons. The Kier molecular flexibility index (Phi) is 6.42. The van der Waals surface area contributed by atoms with E-state index in [1.165, 1.54) is 18.3 Å². The van der Waals surface area contributed by atoms with Crippen LogP contribution < -0.4 is 10.5 Å². The van der Waals surface area contributed by atoms with E-state index in [1.807, 2.05) is 42.5 Å². The van der Waals surface area contributed by atoms with Gasteiger partial charge in [0.15, 0.2) is 0 Å². The number of rotatable bonds is 6. The van der Waals surface area contributed by atoms with Gasteiger partial charge in [0, 0.05) is 15.7 Å². The van der Waals surface area contributed by atoms with E-state index in [0.717, 1.165) is 46.2 Å². The number of halogens is 1. The van der Waals surface area contributed by atoms with Gasteiger partial charge in [-0.05, 0) is 77.9 Å². The third-order valence-electron chi connectivity index (χ3n) is 5.45. The summed E-state index contributed by atoms with van der Waals surface area (Å²) in [7, 11) is 1.38. The fourth-order valence-electron chi connectivity index (χ4n) is 4.02. The Labute approximate surface area is 190 Å². The van der Waals surface area contributed by atoms with E-state index in [2.05, 4.69) is 34.1 Å². The number of esters is 1. The van der Waals surface area contributed by atoms with Crippen LogP contribution in [0.3, 0.4) is 0 Å². The number of ether oxygens (including phenoxy) is 2. The first-order valence-electron chi connectivity index (χ1n) is 10.2. The molecule has 1 aliphatic carbocycles. The van der Waals surface area contributed by atoms with Crippen molar-refractivity contribution in [1.29, 1.82) is 0 Å². The number of benzene rings is 3. The zero-order valence-corrected chi connectivity index (χ0v) is 18.9. The van der Waals surface area contributed by atoms with Gasteiger partial charge in [0.25, 0.3) is 0 Å². The minimum Gasteiger partial charge on any atom is -0.488 e. The van der Waals surface area contributed by atoms with Gasteiger partial charge in [-0.3, -0.25) is 0 Å². The van der Waals surface area contributed by atoms with Gasteiger partial charge in [-0.25, -0.2) is 4.79 Å². The molecule has 31 heavy (non-hydrogen) atoms. The summed E-state index contributed by atoms with van der Waals surface area (Å²) < 4.78 is 12.1. The standard InChI is InChI=1S/C26H24BrNO3/c1-30-26(29)19-12-18(13-21(28)14-19)22-8-5-9-23(22)24-15-20(27)10-11-25(24)31-16-17-6-3-2-4-7-17/h2-4,6-7,10-15H,5,8-9,16,28H2,1H3. The lowest BCUT2D eigenvalue weighted by atomic mass is 9.95. The van der Waals surface area contributed by atoms with Crippen molar-refractivity contribution in [3.05, 3.63) is 93.5 Å². The van der Waals surface area contributed by atoms with Crippen molar-refractivity contribution < 1.29 is 14.3 Å². The Bertz CT molecular complexity index is 1140. The molecule has 0 saturated carbocycles. The molecule has 0 radical (unpaired) electrons. The summed E-state index contributed by atoms with van der Waals surface area (Å²) in [5.41, 5.74) is 12.7. The molecule has 3 aromatic rings. The van der Waals surface area contributed by atoms with Crippen LogP contribution in [0, 0.1) is 0 Å². The predicted octanol–water partition coefficient (Wildman–Crippen LogP) is 6.49. The smallest absolute Gasteiger partial charge is 0.337 e. The molecule has 0 spiro atoms. The SMILES string of the molecule is COC(=O)c1cc(N)cc(C2=C(c3cc(Br)ccc3OCc3ccccc3)CCC2)c1. The maximum Gasteiger partial charge on any atom is 0.337 e. The first-order chi connectivity index (χ1) is 15.0. The highest BCUT2D eigenvalue weighted by Crippen LogP contribution is 2.44. The summed E-state index contributed by atoms with van der Waals surface area (Å²) in [4.78, 5) is 12.1. The lowest BCUT2D eigenvalue weighted by Gasteiger charge is -2.16. The average molecular weight is 478 g/mol. The highest BCUT2D eigenvalue weighted by Gasteiger charge is 2.22. The Morgan fingerprint density at radius 3 is 2.55 bits per heavy atom. The van der Waals surface area contributed by atoms with E-state index in [4.69, 9.17) is 15.2 Å². The van der Waals surface area contributed by atoms with Gasteiger partial charge in [0.2, 0.25) is 0 Å². The largest absolute Gasteiger partial charge is 0.488 e. The zero-order valence-electron chi connectivity index (χ0n) is 17.4. The average Bonchev–Trinajstić information content (AvgIpc) is 3.28. The van der Waals surface area contributed by atoms with Crippen molar-refractivity contribution in [1.82, 2.24) is 0 Å².